The van der Waals surface area contributed by atoms with E-state index in [1.54, 1.807) is 14.2 Å². The third kappa shape index (κ3) is 4.41. The highest BCUT2D eigenvalue weighted by molar-refractivity contribution is 5.85. The van der Waals surface area contributed by atoms with Crippen LogP contribution in [0.1, 0.15) is 0 Å². The van der Waals surface area contributed by atoms with Gasteiger partial charge in [0.05, 0.1) is 14.2 Å². The highest BCUT2D eigenvalue weighted by Crippen LogP contribution is 2.30. The van der Waals surface area contributed by atoms with E-state index >= 15 is 0 Å². The lowest BCUT2D eigenvalue weighted by Crippen LogP contribution is -2.68. The molecule has 122 valence electrons. The van der Waals surface area contributed by atoms with Gasteiger partial charge in [0.1, 0.15) is 0 Å². The Kier molecular flexibility index (Phi) is 5.19. The lowest BCUT2D eigenvalue weighted by Gasteiger charge is -2.17. The molecule has 0 saturated heterocycles. The summed E-state index contributed by atoms with van der Waals surface area (Å²) in [6, 6.07) is 12.3. The van der Waals surface area contributed by atoms with E-state index in [0.717, 1.165) is 17.0 Å². The minimum atomic E-state index is -4.94. The van der Waals surface area contributed by atoms with Gasteiger partial charge in [-0.05, 0) is 11.5 Å². The predicted molar refractivity (Wildman–Crippen MR) is 70.2 cm³/mol. The van der Waals surface area contributed by atoms with Gasteiger partial charge in [0.15, 0.2) is 18.1 Å². The SMILES string of the molecule is COc1cc[n+]2cc3ccccc3cc2c1OC.[O-][Cl+3]([O-])([O-])[O-]. The summed E-state index contributed by atoms with van der Waals surface area (Å²) >= 11 is 0. The van der Waals surface area contributed by atoms with Crippen molar-refractivity contribution in [1.82, 2.24) is 0 Å². The Morgan fingerprint density at radius 2 is 1.52 bits per heavy atom. The van der Waals surface area contributed by atoms with E-state index in [1.165, 1.54) is 10.8 Å². The first-order valence-electron chi connectivity index (χ1n) is 6.40. The summed E-state index contributed by atoms with van der Waals surface area (Å²) in [5, 5.41) is 2.38. The van der Waals surface area contributed by atoms with Crippen LogP contribution in [0, 0.1) is 10.2 Å². The molecule has 7 nitrogen and oxygen atoms in total. The third-order valence-corrected chi connectivity index (χ3v) is 3.11. The van der Waals surface area contributed by atoms with Gasteiger partial charge in [-0.2, -0.15) is 4.40 Å². The van der Waals surface area contributed by atoms with E-state index in [0.29, 0.717) is 0 Å². The van der Waals surface area contributed by atoms with E-state index < -0.39 is 10.2 Å². The van der Waals surface area contributed by atoms with Crippen molar-refractivity contribution in [3.63, 3.8) is 0 Å². The van der Waals surface area contributed by atoms with Crippen LogP contribution in [-0.2, 0) is 0 Å². The quantitative estimate of drug-likeness (QED) is 0.388. The number of methoxy groups -OCH3 is 2. The highest BCUT2D eigenvalue weighted by atomic mass is 35.7. The summed E-state index contributed by atoms with van der Waals surface area (Å²) < 4.78 is 46.8. The smallest absolute Gasteiger partial charge is 0.257 e. The molecule has 0 atom stereocenters. The number of halogens is 1. The van der Waals surface area contributed by atoms with Crippen molar-refractivity contribution < 1.29 is 42.8 Å². The van der Waals surface area contributed by atoms with Gasteiger partial charge in [0.2, 0.25) is 5.75 Å². The Labute approximate surface area is 134 Å². The van der Waals surface area contributed by atoms with E-state index in [-0.39, 0.29) is 0 Å². The van der Waals surface area contributed by atoms with E-state index in [9.17, 15) is 0 Å². The Balaban J connectivity index is 0.000000338. The van der Waals surface area contributed by atoms with Crippen LogP contribution >= 0.6 is 0 Å². The van der Waals surface area contributed by atoms with Crippen LogP contribution in [0.25, 0.3) is 16.3 Å². The minimum Gasteiger partial charge on any atom is -0.492 e. The van der Waals surface area contributed by atoms with Gasteiger partial charge >= 0.3 is 0 Å². The molecule has 0 aliphatic rings. The zero-order chi connectivity index (χ0) is 17.0. The summed E-state index contributed by atoms with van der Waals surface area (Å²) in [4.78, 5) is 0. The maximum atomic E-state index is 8.49. The molecule has 0 saturated carbocycles. The van der Waals surface area contributed by atoms with Crippen molar-refractivity contribution in [1.29, 1.82) is 0 Å². The molecule has 3 rings (SSSR count). The molecule has 0 unspecified atom stereocenters. The first kappa shape index (κ1) is 17.2. The van der Waals surface area contributed by atoms with Gasteiger partial charge in [0, 0.05) is 17.5 Å². The second-order valence-corrected chi connectivity index (χ2v) is 5.25. The number of hydrogen-bond donors (Lipinski definition) is 0. The second kappa shape index (κ2) is 6.95. The van der Waals surface area contributed by atoms with Crippen LogP contribution in [0.4, 0.5) is 0 Å². The predicted octanol–water partition coefficient (Wildman–Crippen LogP) is -2.16. The first-order valence-corrected chi connectivity index (χ1v) is 7.63. The van der Waals surface area contributed by atoms with Crippen molar-refractivity contribution >= 4 is 16.3 Å². The second-order valence-electron chi connectivity index (χ2n) is 4.49. The lowest BCUT2D eigenvalue weighted by molar-refractivity contribution is -2.00. The van der Waals surface area contributed by atoms with Crippen LogP contribution in [-0.4, -0.2) is 14.2 Å². The van der Waals surface area contributed by atoms with Gasteiger partial charge in [0.25, 0.3) is 5.52 Å². The van der Waals surface area contributed by atoms with Gasteiger partial charge in [-0.1, -0.05) is 18.2 Å². The molecule has 0 aliphatic carbocycles. The molecule has 0 spiro atoms. The number of nitrogens with zero attached hydrogens (tertiary/aromatic N) is 1. The summed E-state index contributed by atoms with van der Waals surface area (Å²) in [7, 11) is -1.64. The molecular formula is C15H14ClNO6. The molecule has 2 heterocycles. The maximum absolute atomic E-state index is 8.49. The zero-order valence-electron chi connectivity index (χ0n) is 12.4. The molecule has 2 aromatic heterocycles. The first-order chi connectivity index (χ1) is 10.8. The van der Waals surface area contributed by atoms with Crippen molar-refractivity contribution in [3.05, 3.63) is 48.8 Å². The molecule has 8 heteroatoms. The molecule has 0 fully saturated rings. The van der Waals surface area contributed by atoms with E-state index in [1.807, 2.05) is 28.8 Å². The zero-order valence-corrected chi connectivity index (χ0v) is 13.1. The Morgan fingerprint density at radius 3 is 2.09 bits per heavy atom. The van der Waals surface area contributed by atoms with Gasteiger partial charge in [-0.3, -0.25) is 0 Å². The number of benzene rings is 1. The summed E-state index contributed by atoms with van der Waals surface area (Å²) in [6.45, 7) is 0. The van der Waals surface area contributed by atoms with Gasteiger partial charge in [-0.15, -0.1) is 10.2 Å². The average Bonchev–Trinajstić information content (AvgIpc) is 2.50. The molecular weight excluding hydrogens is 326 g/mol. The van der Waals surface area contributed by atoms with Crippen molar-refractivity contribution in [3.8, 4) is 11.5 Å². The Bertz CT molecular complexity index is 812. The molecule has 0 aliphatic heterocycles. The average molecular weight is 340 g/mol. The largest absolute Gasteiger partial charge is 0.492 e. The highest BCUT2D eigenvalue weighted by Gasteiger charge is 2.16. The molecule has 1 aromatic carbocycles. The molecule has 3 aromatic rings. The fourth-order valence-electron chi connectivity index (χ4n) is 2.22. The van der Waals surface area contributed by atoms with Crippen molar-refractivity contribution in [2.24, 2.45) is 0 Å². The molecule has 23 heavy (non-hydrogen) atoms. The van der Waals surface area contributed by atoms with Gasteiger partial charge < -0.3 is 9.47 Å². The summed E-state index contributed by atoms with van der Waals surface area (Å²) in [5.41, 5.74) is 0.996. The van der Waals surface area contributed by atoms with Crippen LogP contribution in [0.2, 0.25) is 0 Å². The molecule has 0 amide bonds. The monoisotopic (exact) mass is 339 g/mol. The molecule has 0 N–H and O–H groups in total. The standard InChI is InChI=1S/C15H14NO2.ClHO4/c1-17-14-7-8-16-10-12-6-4-3-5-11(12)9-13(16)15(14)18-2;2-1(3,4)5/h3-10H,1-2H3;(H,2,3,4,5)/q+1;/p-1. The molecule has 0 bridgehead atoms. The number of fused-ring (bicyclic) bond motifs is 2. The fourth-order valence-corrected chi connectivity index (χ4v) is 2.22. The van der Waals surface area contributed by atoms with Crippen LogP contribution < -0.4 is 32.5 Å². The van der Waals surface area contributed by atoms with Crippen molar-refractivity contribution in [2.75, 3.05) is 14.2 Å². The number of pyridine rings is 2. The summed E-state index contributed by atoms with van der Waals surface area (Å²) in [5.74, 6) is 1.50. The molecule has 0 radical (unpaired) electrons. The van der Waals surface area contributed by atoms with Crippen LogP contribution in [0.3, 0.4) is 0 Å². The fraction of sp³-hybridized carbons (Fsp3) is 0.133. The Morgan fingerprint density at radius 1 is 0.913 bits per heavy atom. The number of hydrogen-bond acceptors (Lipinski definition) is 6. The van der Waals surface area contributed by atoms with Crippen LogP contribution in [0.15, 0.2) is 48.8 Å². The van der Waals surface area contributed by atoms with Gasteiger partial charge in [-0.25, -0.2) is 18.6 Å². The third-order valence-electron chi connectivity index (χ3n) is 3.11. The normalized spacial score (nSPS) is 11.0. The van der Waals surface area contributed by atoms with Crippen LogP contribution in [0.5, 0.6) is 11.5 Å². The van der Waals surface area contributed by atoms with E-state index in [4.69, 9.17) is 28.1 Å². The topological polar surface area (TPSA) is 115 Å². The Hall–Kier alpha value is -2.16. The maximum Gasteiger partial charge on any atom is 0.257 e. The van der Waals surface area contributed by atoms with Crippen molar-refractivity contribution in [2.45, 2.75) is 0 Å². The number of aromatic nitrogens is 1. The summed E-state index contributed by atoms with van der Waals surface area (Å²) in [6.07, 6.45) is 4.07. The number of rotatable bonds is 2. The minimum absolute atomic E-state index is 0.743. The number of ether oxygens (including phenoxy) is 2. The van der Waals surface area contributed by atoms with E-state index in [2.05, 4.69) is 24.4 Å². The lowest BCUT2D eigenvalue weighted by atomic mass is 10.1.